The summed E-state index contributed by atoms with van der Waals surface area (Å²) in [5.41, 5.74) is 0.647. The second-order valence-electron chi connectivity index (χ2n) is 8.70. The van der Waals surface area contributed by atoms with Crippen molar-refractivity contribution in [2.75, 3.05) is 18.5 Å². The molecule has 3 amide bonds. The Morgan fingerprint density at radius 3 is 2.39 bits per heavy atom. The Morgan fingerprint density at radius 2 is 1.65 bits per heavy atom. The van der Waals surface area contributed by atoms with Gasteiger partial charge in [0.15, 0.2) is 6.61 Å². The number of hydrogen-bond donors (Lipinski definition) is 1. The van der Waals surface area contributed by atoms with Crippen LogP contribution in [-0.4, -0.2) is 41.7 Å². The summed E-state index contributed by atoms with van der Waals surface area (Å²) >= 11 is 0. The predicted molar refractivity (Wildman–Crippen MR) is 113 cm³/mol. The highest BCUT2D eigenvalue weighted by Gasteiger charge is 2.60. The smallest absolute Gasteiger partial charge is 0.308 e. The van der Waals surface area contributed by atoms with Gasteiger partial charge in [0.1, 0.15) is 0 Å². The summed E-state index contributed by atoms with van der Waals surface area (Å²) in [6.07, 6.45) is 2.92. The highest BCUT2D eigenvalue weighted by Crippen LogP contribution is 2.56. The van der Waals surface area contributed by atoms with E-state index in [4.69, 9.17) is 4.74 Å². The van der Waals surface area contributed by atoms with Crippen LogP contribution >= 0.6 is 0 Å². The normalized spacial score (nSPS) is 26.4. The molecule has 4 atom stereocenters. The molecule has 2 aliphatic carbocycles. The van der Waals surface area contributed by atoms with Crippen molar-refractivity contribution in [3.63, 3.8) is 0 Å². The quantitative estimate of drug-likeness (QED) is 0.573. The van der Waals surface area contributed by atoms with Gasteiger partial charge < -0.3 is 10.1 Å². The first kappa shape index (κ1) is 19.7. The van der Waals surface area contributed by atoms with Crippen LogP contribution in [0.1, 0.15) is 25.7 Å². The lowest BCUT2D eigenvalue weighted by molar-refractivity contribution is -0.149. The van der Waals surface area contributed by atoms with Gasteiger partial charge in [-0.1, -0.05) is 36.4 Å². The van der Waals surface area contributed by atoms with Crippen molar-refractivity contribution in [2.24, 2.45) is 23.7 Å². The van der Waals surface area contributed by atoms with Crippen LogP contribution in [-0.2, 0) is 23.9 Å². The maximum atomic E-state index is 12.7. The minimum atomic E-state index is -0.603. The van der Waals surface area contributed by atoms with E-state index < -0.39 is 18.5 Å². The van der Waals surface area contributed by atoms with Gasteiger partial charge in [-0.05, 0) is 42.6 Å². The number of carbonyl (C=O) groups is 4. The number of fused-ring (bicyclic) bond motifs is 6. The SMILES string of the molecule is O=C(COC(=O)CCN1C(=O)[C@@H]2[C@@H]3CC[C@@H](C3)[C@@H]2C1=O)Nc1cccc2ccccc12. The van der Waals surface area contributed by atoms with Crippen LogP contribution in [0.5, 0.6) is 0 Å². The summed E-state index contributed by atoms with van der Waals surface area (Å²) in [5, 5.41) is 4.65. The Balaban J connectivity index is 1.12. The van der Waals surface area contributed by atoms with Crippen molar-refractivity contribution in [3.8, 4) is 0 Å². The van der Waals surface area contributed by atoms with Gasteiger partial charge in [-0.3, -0.25) is 24.1 Å². The van der Waals surface area contributed by atoms with E-state index in [0.29, 0.717) is 17.5 Å². The first-order valence-electron chi connectivity index (χ1n) is 10.8. The van der Waals surface area contributed by atoms with E-state index in [-0.39, 0.29) is 36.6 Å². The van der Waals surface area contributed by atoms with Gasteiger partial charge in [-0.15, -0.1) is 0 Å². The number of esters is 1. The number of carbonyl (C=O) groups excluding carboxylic acids is 4. The summed E-state index contributed by atoms with van der Waals surface area (Å²) in [5.74, 6) is -1.05. The van der Waals surface area contributed by atoms with Gasteiger partial charge in [-0.2, -0.15) is 0 Å². The number of anilines is 1. The molecule has 0 radical (unpaired) electrons. The topological polar surface area (TPSA) is 92.8 Å². The number of nitrogens with one attached hydrogen (secondary N) is 1. The third kappa shape index (κ3) is 3.48. The van der Waals surface area contributed by atoms with Gasteiger partial charge in [0.2, 0.25) is 11.8 Å². The molecule has 1 heterocycles. The first-order chi connectivity index (χ1) is 15.0. The maximum absolute atomic E-state index is 12.7. The number of nitrogens with zero attached hydrogens (tertiary/aromatic N) is 1. The number of likely N-dealkylation sites (tertiary alicyclic amines) is 1. The Hall–Kier alpha value is -3.22. The lowest BCUT2D eigenvalue weighted by Crippen LogP contribution is -2.35. The minimum Gasteiger partial charge on any atom is -0.456 e. The lowest BCUT2D eigenvalue weighted by Gasteiger charge is -2.19. The van der Waals surface area contributed by atoms with E-state index in [1.807, 2.05) is 36.4 Å². The van der Waals surface area contributed by atoms with Crippen molar-refractivity contribution in [3.05, 3.63) is 42.5 Å². The van der Waals surface area contributed by atoms with Crippen LogP contribution in [0.3, 0.4) is 0 Å². The molecular formula is C24H24N2O5. The standard InChI is InChI=1S/C24H24N2O5/c27-19(25-18-7-3-5-14-4-1-2-6-17(14)18)13-31-20(28)10-11-26-23(29)21-15-8-9-16(12-15)22(21)24(26)30/h1-7,15-16,21-22H,8-13H2,(H,25,27)/t15-,16+,21-,22+. The van der Waals surface area contributed by atoms with Crippen LogP contribution in [0, 0.1) is 23.7 Å². The molecule has 7 nitrogen and oxygen atoms in total. The Bertz CT molecular complexity index is 1050. The third-order valence-corrected chi connectivity index (χ3v) is 6.99. The molecule has 3 fully saturated rings. The molecule has 2 aromatic carbocycles. The van der Waals surface area contributed by atoms with Gasteiger partial charge in [0.05, 0.1) is 18.3 Å². The van der Waals surface area contributed by atoms with E-state index >= 15 is 0 Å². The molecule has 0 spiro atoms. The zero-order valence-corrected chi connectivity index (χ0v) is 17.1. The largest absolute Gasteiger partial charge is 0.456 e. The molecule has 3 aliphatic rings. The van der Waals surface area contributed by atoms with E-state index in [1.165, 1.54) is 4.90 Å². The molecule has 5 rings (SSSR count). The van der Waals surface area contributed by atoms with Crippen LogP contribution in [0.25, 0.3) is 10.8 Å². The van der Waals surface area contributed by atoms with E-state index in [9.17, 15) is 19.2 Å². The average Bonchev–Trinajstić information content (AvgIpc) is 3.45. The molecule has 1 N–H and O–H groups in total. The van der Waals surface area contributed by atoms with Crippen molar-refractivity contribution in [2.45, 2.75) is 25.7 Å². The second-order valence-corrected chi connectivity index (χ2v) is 8.70. The second kappa shape index (κ2) is 7.80. The van der Waals surface area contributed by atoms with Gasteiger partial charge in [0.25, 0.3) is 5.91 Å². The van der Waals surface area contributed by atoms with Gasteiger partial charge >= 0.3 is 5.97 Å². The summed E-state index contributed by atoms with van der Waals surface area (Å²) in [6, 6.07) is 13.2. The summed E-state index contributed by atoms with van der Waals surface area (Å²) in [6.45, 7) is -0.396. The molecule has 2 aromatic rings. The molecule has 2 bridgehead atoms. The summed E-state index contributed by atoms with van der Waals surface area (Å²) < 4.78 is 5.07. The first-order valence-corrected chi connectivity index (χ1v) is 10.8. The van der Waals surface area contributed by atoms with Crippen LogP contribution < -0.4 is 5.32 Å². The van der Waals surface area contributed by atoms with Crippen molar-refractivity contribution in [1.29, 1.82) is 0 Å². The minimum absolute atomic E-state index is 0.0217. The molecule has 1 aliphatic heterocycles. The summed E-state index contributed by atoms with van der Waals surface area (Å²) in [7, 11) is 0. The lowest BCUT2D eigenvalue weighted by atomic mass is 9.81. The zero-order chi connectivity index (χ0) is 21.5. The highest BCUT2D eigenvalue weighted by molar-refractivity contribution is 6.06. The Labute approximate surface area is 179 Å². The molecule has 160 valence electrons. The average molecular weight is 420 g/mol. The number of hydrogen-bond acceptors (Lipinski definition) is 5. The molecule has 7 heteroatoms. The van der Waals surface area contributed by atoms with Crippen molar-refractivity contribution >= 4 is 40.2 Å². The highest BCUT2D eigenvalue weighted by atomic mass is 16.5. The molecule has 2 saturated carbocycles. The van der Waals surface area contributed by atoms with Crippen LogP contribution in [0.2, 0.25) is 0 Å². The molecule has 0 aromatic heterocycles. The number of benzene rings is 2. The third-order valence-electron chi connectivity index (χ3n) is 6.99. The molecule has 31 heavy (non-hydrogen) atoms. The fourth-order valence-corrected chi connectivity index (χ4v) is 5.63. The number of amides is 3. The van der Waals surface area contributed by atoms with E-state index in [0.717, 1.165) is 30.0 Å². The molecule has 0 unspecified atom stereocenters. The Morgan fingerprint density at radius 1 is 0.968 bits per heavy atom. The fourth-order valence-electron chi connectivity index (χ4n) is 5.63. The number of rotatable bonds is 6. The fraction of sp³-hybridized carbons (Fsp3) is 0.417. The van der Waals surface area contributed by atoms with Crippen LogP contribution in [0.15, 0.2) is 42.5 Å². The monoisotopic (exact) mass is 420 g/mol. The van der Waals surface area contributed by atoms with Crippen molar-refractivity contribution in [1.82, 2.24) is 4.90 Å². The van der Waals surface area contributed by atoms with Crippen LogP contribution in [0.4, 0.5) is 5.69 Å². The zero-order valence-electron chi connectivity index (χ0n) is 17.1. The number of ether oxygens (including phenoxy) is 1. The van der Waals surface area contributed by atoms with E-state index in [2.05, 4.69) is 5.32 Å². The predicted octanol–water partition coefficient (Wildman–Crippen LogP) is 2.74. The van der Waals surface area contributed by atoms with Gasteiger partial charge in [0, 0.05) is 17.6 Å². The van der Waals surface area contributed by atoms with Crippen molar-refractivity contribution < 1.29 is 23.9 Å². The number of imide groups is 1. The Kier molecular flexibility index (Phi) is 4.96. The maximum Gasteiger partial charge on any atom is 0.308 e. The van der Waals surface area contributed by atoms with E-state index in [1.54, 1.807) is 6.07 Å². The molecule has 1 saturated heterocycles. The van der Waals surface area contributed by atoms with Gasteiger partial charge in [-0.25, -0.2) is 0 Å². The molecular weight excluding hydrogens is 396 g/mol. The summed E-state index contributed by atoms with van der Waals surface area (Å²) in [4.78, 5) is 50.9.